The van der Waals surface area contributed by atoms with Crippen LogP contribution in [-0.4, -0.2) is 35.0 Å². The van der Waals surface area contributed by atoms with Crippen molar-refractivity contribution in [3.05, 3.63) is 35.4 Å². The highest BCUT2D eigenvalue weighted by molar-refractivity contribution is 7.98. The van der Waals surface area contributed by atoms with Crippen LogP contribution in [0.3, 0.4) is 0 Å². The van der Waals surface area contributed by atoms with Crippen molar-refractivity contribution < 1.29 is 14.7 Å². The van der Waals surface area contributed by atoms with Gasteiger partial charge in [0.05, 0.1) is 0 Å². The Kier molecular flexibility index (Phi) is 5.67. The average molecular weight is 307 g/mol. The molecular weight excluding hydrogens is 286 g/mol. The Bertz CT molecular complexity index is 493. The highest BCUT2D eigenvalue weighted by atomic mass is 32.2. The first-order valence-electron chi connectivity index (χ1n) is 7.18. The number of benzene rings is 1. The summed E-state index contributed by atoms with van der Waals surface area (Å²) in [4.78, 5) is 23.2. The molecule has 1 aliphatic carbocycles. The van der Waals surface area contributed by atoms with Crippen molar-refractivity contribution in [1.82, 2.24) is 5.32 Å². The van der Waals surface area contributed by atoms with Crippen molar-refractivity contribution in [2.75, 3.05) is 12.0 Å². The third kappa shape index (κ3) is 4.49. The third-order valence-corrected chi connectivity index (χ3v) is 4.50. The molecule has 21 heavy (non-hydrogen) atoms. The number of amides is 1. The Labute approximate surface area is 129 Å². The van der Waals surface area contributed by atoms with Gasteiger partial charge in [0, 0.05) is 6.42 Å². The zero-order chi connectivity index (χ0) is 15.2. The van der Waals surface area contributed by atoms with Gasteiger partial charge in [-0.3, -0.25) is 4.79 Å². The lowest BCUT2D eigenvalue weighted by Gasteiger charge is -2.15. The van der Waals surface area contributed by atoms with E-state index in [9.17, 15) is 9.59 Å². The minimum atomic E-state index is -0.952. The summed E-state index contributed by atoms with van der Waals surface area (Å²) in [6.07, 6.45) is 4.61. The first-order chi connectivity index (χ1) is 10.1. The van der Waals surface area contributed by atoms with Gasteiger partial charge in [0.15, 0.2) is 0 Å². The van der Waals surface area contributed by atoms with E-state index in [1.807, 2.05) is 18.4 Å². The number of nitrogens with one attached hydrogen (secondary N) is 1. The standard InChI is InChI=1S/C16H21NO3S/c1-21-7-6-14(16(19)20)17-15(18)10-11-8-12-4-2-3-5-13(12)9-11/h2-5,11,14H,6-10H2,1H3,(H,17,18)(H,19,20). The summed E-state index contributed by atoms with van der Waals surface area (Å²) in [6, 6.07) is 7.47. The fraction of sp³-hybridized carbons (Fsp3) is 0.500. The molecule has 0 saturated heterocycles. The van der Waals surface area contributed by atoms with Crippen LogP contribution >= 0.6 is 11.8 Å². The molecule has 2 N–H and O–H groups in total. The van der Waals surface area contributed by atoms with Crippen LogP contribution in [0, 0.1) is 5.92 Å². The summed E-state index contributed by atoms with van der Waals surface area (Å²) in [6.45, 7) is 0. The van der Waals surface area contributed by atoms with Crippen LogP contribution in [-0.2, 0) is 22.4 Å². The summed E-state index contributed by atoms with van der Waals surface area (Å²) in [5.74, 6) is -0.0858. The molecule has 0 heterocycles. The molecule has 1 atom stereocenters. The molecule has 0 aromatic heterocycles. The van der Waals surface area contributed by atoms with Crippen LogP contribution in [0.25, 0.3) is 0 Å². The van der Waals surface area contributed by atoms with E-state index >= 15 is 0 Å². The van der Waals surface area contributed by atoms with Crippen molar-refractivity contribution in [3.63, 3.8) is 0 Å². The molecule has 1 aromatic rings. The topological polar surface area (TPSA) is 66.4 Å². The monoisotopic (exact) mass is 307 g/mol. The zero-order valence-corrected chi connectivity index (χ0v) is 13.0. The predicted molar refractivity (Wildman–Crippen MR) is 84.5 cm³/mol. The normalized spacial score (nSPS) is 15.5. The minimum Gasteiger partial charge on any atom is -0.480 e. The molecule has 0 fully saturated rings. The van der Waals surface area contributed by atoms with Crippen LogP contribution < -0.4 is 5.32 Å². The number of rotatable bonds is 7. The summed E-state index contributed by atoms with van der Waals surface area (Å²) in [5.41, 5.74) is 2.62. The number of thioether (sulfide) groups is 1. The Morgan fingerprint density at radius 2 is 1.95 bits per heavy atom. The molecule has 4 nitrogen and oxygen atoms in total. The molecule has 1 aromatic carbocycles. The number of hydrogen-bond acceptors (Lipinski definition) is 3. The second kappa shape index (κ2) is 7.50. The van der Waals surface area contributed by atoms with Gasteiger partial charge in [-0.05, 0) is 48.3 Å². The maximum atomic E-state index is 12.0. The number of aliphatic carboxylic acids is 1. The van der Waals surface area contributed by atoms with E-state index < -0.39 is 12.0 Å². The second-order valence-corrected chi connectivity index (χ2v) is 6.47. The lowest BCUT2D eigenvalue weighted by Crippen LogP contribution is -2.41. The molecule has 0 saturated carbocycles. The Hall–Kier alpha value is -1.49. The number of carbonyl (C=O) groups excluding carboxylic acids is 1. The highest BCUT2D eigenvalue weighted by Crippen LogP contribution is 2.28. The Morgan fingerprint density at radius 1 is 1.33 bits per heavy atom. The van der Waals surface area contributed by atoms with Crippen molar-refractivity contribution in [2.45, 2.75) is 31.7 Å². The number of fused-ring (bicyclic) bond motifs is 1. The van der Waals surface area contributed by atoms with E-state index in [1.165, 1.54) is 11.1 Å². The first-order valence-corrected chi connectivity index (χ1v) is 8.57. The summed E-state index contributed by atoms with van der Waals surface area (Å²) >= 11 is 1.58. The van der Waals surface area contributed by atoms with Gasteiger partial charge in [-0.1, -0.05) is 24.3 Å². The fourth-order valence-electron chi connectivity index (χ4n) is 2.80. The lowest BCUT2D eigenvalue weighted by molar-refractivity contribution is -0.142. The van der Waals surface area contributed by atoms with E-state index in [0.717, 1.165) is 18.6 Å². The second-order valence-electron chi connectivity index (χ2n) is 5.49. The van der Waals surface area contributed by atoms with E-state index in [0.29, 0.717) is 12.8 Å². The van der Waals surface area contributed by atoms with Gasteiger partial charge in [0.1, 0.15) is 6.04 Å². The van der Waals surface area contributed by atoms with Gasteiger partial charge in [0.2, 0.25) is 5.91 Å². The number of carboxylic acids is 1. The molecule has 1 unspecified atom stereocenters. The van der Waals surface area contributed by atoms with Crippen molar-refractivity contribution in [3.8, 4) is 0 Å². The molecule has 1 aliphatic rings. The molecule has 5 heteroatoms. The largest absolute Gasteiger partial charge is 0.480 e. The number of hydrogen-bond donors (Lipinski definition) is 2. The summed E-state index contributed by atoms with van der Waals surface area (Å²) in [5, 5.41) is 11.8. The summed E-state index contributed by atoms with van der Waals surface area (Å²) < 4.78 is 0. The molecule has 0 bridgehead atoms. The molecular formula is C16H21NO3S. The van der Waals surface area contributed by atoms with Crippen molar-refractivity contribution >= 4 is 23.6 Å². The highest BCUT2D eigenvalue weighted by Gasteiger charge is 2.25. The summed E-state index contributed by atoms with van der Waals surface area (Å²) in [7, 11) is 0. The van der Waals surface area contributed by atoms with Gasteiger partial charge in [-0.2, -0.15) is 11.8 Å². The molecule has 2 rings (SSSR count). The Balaban J connectivity index is 1.83. The molecule has 0 aliphatic heterocycles. The fourth-order valence-corrected chi connectivity index (χ4v) is 3.27. The smallest absolute Gasteiger partial charge is 0.326 e. The molecule has 0 radical (unpaired) electrons. The van der Waals surface area contributed by atoms with Crippen LogP contribution in [0.1, 0.15) is 24.0 Å². The van der Waals surface area contributed by atoms with E-state index in [-0.39, 0.29) is 11.8 Å². The van der Waals surface area contributed by atoms with Gasteiger partial charge in [0.25, 0.3) is 0 Å². The van der Waals surface area contributed by atoms with Crippen LogP contribution in [0.5, 0.6) is 0 Å². The predicted octanol–water partition coefficient (Wildman–Crippen LogP) is 2.11. The van der Waals surface area contributed by atoms with Crippen molar-refractivity contribution in [1.29, 1.82) is 0 Å². The Morgan fingerprint density at radius 3 is 2.48 bits per heavy atom. The van der Waals surface area contributed by atoms with E-state index in [1.54, 1.807) is 11.8 Å². The lowest BCUT2D eigenvalue weighted by atomic mass is 10.0. The average Bonchev–Trinajstić information content (AvgIpc) is 2.85. The van der Waals surface area contributed by atoms with Gasteiger partial charge < -0.3 is 10.4 Å². The molecule has 1 amide bonds. The molecule has 0 spiro atoms. The number of carbonyl (C=O) groups is 2. The van der Waals surface area contributed by atoms with E-state index in [2.05, 4.69) is 17.4 Å². The SMILES string of the molecule is CSCCC(NC(=O)CC1Cc2ccccc2C1)C(=O)O. The minimum absolute atomic E-state index is 0.152. The van der Waals surface area contributed by atoms with Gasteiger partial charge in [-0.25, -0.2) is 4.79 Å². The van der Waals surface area contributed by atoms with Crippen molar-refractivity contribution in [2.24, 2.45) is 5.92 Å². The number of carboxylic acid groups (broad SMARTS) is 1. The van der Waals surface area contributed by atoms with Gasteiger partial charge in [-0.15, -0.1) is 0 Å². The quantitative estimate of drug-likeness (QED) is 0.810. The molecule has 114 valence electrons. The first kappa shape index (κ1) is 15.9. The van der Waals surface area contributed by atoms with E-state index in [4.69, 9.17) is 5.11 Å². The van der Waals surface area contributed by atoms with Crippen LogP contribution in [0.2, 0.25) is 0 Å². The van der Waals surface area contributed by atoms with Gasteiger partial charge >= 0.3 is 5.97 Å². The van der Waals surface area contributed by atoms with Crippen LogP contribution in [0.4, 0.5) is 0 Å². The third-order valence-electron chi connectivity index (χ3n) is 3.85. The van der Waals surface area contributed by atoms with Crippen LogP contribution in [0.15, 0.2) is 24.3 Å². The maximum Gasteiger partial charge on any atom is 0.326 e. The maximum absolute atomic E-state index is 12.0. The zero-order valence-electron chi connectivity index (χ0n) is 12.2.